The van der Waals surface area contributed by atoms with Crippen LogP contribution in [0.25, 0.3) is 11.5 Å². The van der Waals surface area contributed by atoms with Gasteiger partial charge in [-0.2, -0.15) is 4.98 Å². The number of ether oxygens (including phenoxy) is 1. The van der Waals surface area contributed by atoms with Gasteiger partial charge in [-0.05, 0) is 69.0 Å². The molecule has 1 N–H and O–H groups in total. The average Bonchev–Trinajstić information content (AvgIpc) is 3.09. The zero-order valence-corrected chi connectivity index (χ0v) is 15.1. The number of nitrogens with zero attached hydrogens (tertiary/aromatic N) is 3. The van der Waals surface area contributed by atoms with Gasteiger partial charge in [-0.15, -0.1) is 6.58 Å². The van der Waals surface area contributed by atoms with Crippen LogP contribution in [0.4, 0.5) is 0 Å². The SMILES string of the molecule is C=CCc1cc(-c2nc(C)no2)ccc1OCC1C(O)C2CCN1CC2. The van der Waals surface area contributed by atoms with E-state index in [2.05, 4.69) is 21.6 Å². The van der Waals surface area contributed by atoms with E-state index in [1.165, 1.54) is 0 Å². The highest BCUT2D eigenvalue weighted by Crippen LogP contribution is 2.33. The topological polar surface area (TPSA) is 71.6 Å². The Morgan fingerprint density at radius 1 is 1.38 bits per heavy atom. The minimum Gasteiger partial charge on any atom is -0.492 e. The van der Waals surface area contributed by atoms with E-state index < -0.39 is 0 Å². The molecular formula is C20H25N3O3. The van der Waals surface area contributed by atoms with Crippen LogP contribution in [0.2, 0.25) is 0 Å². The first-order valence-corrected chi connectivity index (χ1v) is 9.25. The maximum atomic E-state index is 10.5. The summed E-state index contributed by atoms with van der Waals surface area (Å²) in [4.78, 5) is 6.64. The fourth-order valence-corrected chi connectivity index (χ4v) is 4.08. The number of piperidine rings is 3. The maximum absolute atomic E-state index is 10.5. The molecular weight excluding hydrogens is 330 g/mol. The molecule has 6 heteroatoms. The molecule has 2 atom stereocenters. The number of aromatic nitrogens is 2. The smallest absolute Gasteiger partial charge is 0.257 e. The van der Waals surface area contributed by atoms with Crippen LogP contribution < -0.4 is 4.74 Å². The largest absolute Gasteiger partial charge is 0.492 e. The highest BCUT2D eigenvalue weighted by molar-refractivity contribution is 5.57. The number of fused-ring (bicyclic) bond motifs is 3. The van der Waals surface area contributed by atoms with Gasteiger partial charge in [0, 0.05) is 5.56 Å². The molecule has 0 saturated carbocycles. The van der Waals surface area contributed by atoms with Crippen molar-refractivity contribution in [2.45, 2.75) is 38.3 Å². The third kappa shape index (κ3) is 3.27. The van der Waals surface area contributed by atoms with Crippen LogP contribution in [0.1, 0.15) is 24.2 Å². The summed E-state index contributed by atoms with van der Waals surface area (Å²) >= 11 is 0. The van der Waals surface area contributed by atoms with E-state index in [1.807, 2.05) is 24.3 Å². The van der Waals surface area contributed by atoms with Crippen LogP contribution in [0.3, 0.4) is 0 Å². The van der Waals surface area contributed by atoms with Crippen LogP contribution in [0.5, 0.6) is 5.75 Å². The highest BCUT2D eigenvalue weighted by Gasteiger charge is 2.41. The first kappa shape index (κ1) is 17.2. The lowest BCUT2D eigenvalue weighted by Crippen LogP contribution is -2.59. The van der Waals surface area contributed by atoms with Gasteiger partial charge in [0.2, 0.25) is 0 Å². The monoisotopic (exact) mass is 355 g/mol. The molecule has 0 radical (unpaired) electrons. The Labute approximate surface area is 153 Å². The van der Waals surface area contributed by atoms with E-state index in [0.29, 0.717) is 30.7 Å². The second kappa shape index (κ2) is 7.21. The van der Waals surface area contributed by atoms with Gasteiger partial charge in [0.1, 0.15) is 12.4 Å². The molecule has 2 unspecified atom stereocenters. The molecule has 3 aliphatic rings. The summed E-state index contributed by atoms with van der Waals surface area (Å²) in [6.45, 7) is 8.26. The summed E-state index contributed by atoms with van der Waals surface area (Å²) in [7, 11) is 0. The van der Waals surface area contributed by atoms with Crippen LogP contribution in [0.15, 0.2) is 35.4 Å². The number of aliphatic hydroxyl groups is 1. The molecule has 2 aromatic rings. The Bertz CT molecular complexity index is 778. The number of hydrogen-bond donors (Lipinski definition) is 1. The summed E-state index contributed by atoms with van der Waals surface area (Å²) in [5, 5.41) is 14.4. The van der Waals surface area contributed by atoms with Crippen molar-refractivity contribution < 1.29 is 14.4 Å². The normalized spacial score (nSPS) is 27.5. The van der Waals surface area contributed by atoms with E-state index >= 15 is 0 Å². The number of allylic oxidation sites excluding steroid dienone is 1. The van der Waals surface area contributed by atoms with Crippen LogP contribution in [-0.4, -0.2) is 52.0 Å². The quantitative estimate of drug-likeness (QED) is 0.803. The van der Waals surface area contributed by atoms with Crippen molar-refractivity contribution in [3.05, 3.63) is 42.2 Å². The number of aryl methyl sites for hydroxylation is 1. The molecule has 0 aliphatic carbocycles. The van der Waals surface area contributed by atoms with E-state index in [0.717, 1.165) is 42.8 Å². The van der Waals surface area contributed by atoms with Gasteiger partial charge in [0.05, 0.1) is 12.1 Å². The van der Waals surface area contributed by atoms with Gasteiger partial charge < -0.3 is 14.4 Å². The molecule has 3 saturated heterocycles. The van der Waals surface area contributed by atoms with Gasteiger partial charge in [-0.25, -0.2) is 0 Å². The number of aliphatic hydroxyl groups excluding tert-OH is 1. The average molecular weight is 355 g/mol. The summed E-state index contributed by atoms with van der Waals surface area (Å²) in [6, 6.07) is 5.96. The molecule has 5 rings (SSSR count). The predicted octanol–water partition coefficient (Wildman–Crippen LogP) is 2.61. The van der Waals surface area contributed by atoms with Crippen molar-refractivity contribution in [1.82, 2.24) is 15.0 Å². The van der Waals surface area contributed by atoms with Gasteiger partial charge in [0.15, 0.2) is 5.82 Å². The molecule has 3 fully saturated rings. The first-order valence-electron chi connectivity index (χ1n) is 9.25. The number of rotatable bonds is 6. The van der Waals surface area contributed by atoms with Crippen LogP contribution >= 0.6 is 0 Å². The second-order valence-electron chi connectivity index (χ2n) is 7.20. The second-order valence-corrected chi connectivity index (χ2v) is 7.20. The van der Waals surface area contributed by atoms with Crippen molar-refractivity contribution in [3.8, 4) is 17.2 Å². The fourth-order valence-electron chi connectivity index (χ4n) is 4.08. The van der Waals surface area contributed by atoms with Crippen molar-refractivity contribution in [3.63, 3.8) is 0 Å². The summed E-state index contributed by atoms with van der Waals surface area (Å²) in [5.74, 6) is 2.36. The van der Waals surface area contributed by atoms with E-state index in [1.54, 1.807) is 6.92 Å². The Balaban J connectivity index is 1.51. The maximum Gasteiger partial charge on any atom is 0.257 e. The lowest BCUT2D eigenvalue weighted by atomic mass is 9.81. The molecule has 2 bridgehead atoms. The molecule has 4 heterocycles. The van der Waals surface area contributed by atoms with Gasteiger partial charge in [0.25, 0.3) is 5.89 Å². The van der Waals surface area contributed by atoms with Crippen LogP contribution in [0, 0.1) is 12.8 Å². The van der Waals surface area contributed by atoms with Gasteiger partial charge in [-0.3, -0.25) is 4.90 Å². The highest BCUT2D eigenvalue weighted by atomic mass is 16.5. The van der Waals surface area contributed by atoms with Gasteiger partial charge >= 0.3 is 0 Å². The fraction of sp³-hybridized carbons (Fsp3) is 0.500. The van der Waals surface area contributed by atoms with Crippen LogP contribution in [-0.2, 0) is 6.42 Å². The van der Waals surface area contributed by atoms with Gasteiger partial charge in [-0.1, -0.05) is 11.2 Å². The zero-order chi connectivity index (χ0) is 18.1. The Hall–Kier alpha value is -2.18. The Kier molecular flexibility index (Phi) is 4.78. The number of hydrogen-bond acceptors (Lipinski definition) is 6. The summed E-state index contributed by atoms with van der Waals surface area (Å²) in [6.07, 6.45) is 4.44. The zero-order valence-electron chi connectivity index (χ0n) is 15.1. The molecule has 0 amide bonds. The van der Waals surface area contributed by atoms with Crippen molar-refractivity contribution >= 4 is 0 Å². The standard InChI is InChI=1S/C20H25N3O3/c1-3-4-15-11-16(20-21-13(2)22-26-20)5-6-18(15)25-12-17-19(24)14-7-9-23(17)10-8-14/h3,5-6,11,14,17,19,24H,1,4,7-10,12H2,2H3. The molecule has 3 aliphatic heterocycles. The van der Waals surface area contributed by atoms with Crippen molar-refractivity contribution in [1.29, 1.82) is 0 Å². The molecule has 1 aromatic carbocycles. The minimum atomic E-state index is -0.291. The third-order valence-corrected chi connectivity index (χ3v) is 5.53. The summed E-state index contributed by atoms with van der Waals surface area (Å²) in [5.41, 5.74) is 1.90. The Morgan fingerprint density at radius 3 is 2.85 bits per heavy atom. The molecule has 138 valence electrons. The molecule has 1 aromatic heterocycles. The molecule has 26 heavy (non-hydrogen) atoms. The van der Waals surface area contributed by atoms with E-state index in [-0.39, 0.29) is 12.1 Å². The third-order valence-electron chi connectivity index (χ3n) is 5.53. The van der Waals surface area contributed by atoms with E-state index in [9.17, 15) is 5.11 Å². The Morgan fingerprint density at radius 2 is 2.19 bits per heavy atom. The first-order chi connectivity index (χ1) is 12.7. The lowest BCUT2D eigenvalue weighted by molar-refractivity contribution is -0.0850. The summed E-state index contributed by atoms with van der Waals surface area (Å²) < 4.78 is 11.4. The minimum absolute atomic E-state index is 0.0809. The van der Waals surface area contributed by atoms with Crippen molar-refractivity contribution in [2.75, 3.05) is 19.7 Å². The predicted molar refractivity (Wildman–Crippen MR) is 98.0 cm³/mol. The lowest BCUT2D eigenvalue weighted by Gasteiger charge is -2.48. The van der Waals surface area contributed by atoms with E-state index in [4.69, 9.17) is 9.26 Å². The number of benzene rings is 1. The molecule has 0 spiro atoms. The molecule has 6 nitrogen and oxygen atoms in total. The van der Waals surface area contributed by atoms with Crippen molar-refractivity contribution in [2.24, 2.45) is 5.92 Å².